The lowest BCUT2D eigenvalue weighted by Gasteiger charge is -2.39. The van der Waals surface area contributed by atoms with Crippen molar-refractivity contribution in [3.63, 3.8) is 0 Å². The summed E-state index contributed by atoms with van der Waals surface area (Å²) in [6, 6.07) is 14.8. The van der Waals surface area contributed by atoms with Gasteiger partial charge in [-0.3, -0.25) is 9.69 Å². The highest BCUT2D eigenvalue weighted by molar-refractivity contribution is 6.30. The van der Waals surface area contributed by atoms with Crippen LogP contribution in [0.4, 0.5) is 0 Å². The number of methoxy groups -OCH3 is 1. The van der Waals surface area contributed by atoms with Crippen molar-refractivity contribution in [2.75, 3.05) is 13.7 Å². The van der Waals surface area contributed by atoms with E-state index in [1.807, 2.05) is 48.7 Å². The molecule has 2 bridgehead atoms. The van der Waals surface area contributed by atoms with Gasteiger partial charge in [0.05, 0.1) is 12.6 Å². The van der Waals surface area contributed by atoms with E-state index in [0.717, 1.165) is 65.3 Å². The molecule has 2 aliphatic heterocycles. The van der Waals surface area contributed by atoms with E-state index in [1.165, 1.54) is 12.8 Å². The molecule has 2 atom stereocenters. The Labute approximate surface area is 200 Å². The number of aryl methyl sites for hydroxylation is 1. The maximum Gasteiger partial charge on any atom is 0.161 e. The summed E-state index contributed by atoms with van der Waals surface area (Å²) in [4.78, 5) is 14.9. The number of benzene rings is 2. The van der Waals surface area contributed by atoms with Crippen LogP contribution in [0.25, 0.3) is 10.9 Å². The normalized spacial score (nSPS) is 22.6. The van der Waals surface area contributed by atoms with Gasteiger partial charge in [-0.1, -0.05) is 23.7 Å². The van der Waals surface area contributed by atoms with Crippen LogP contribution in [0.15, 0.2) is 48.7 Å². The van der Waals surface area contributed by atoms with E-state index in [1.54, 1.807) is 14.0 Å². The number of rotatable bonds is 8. The zero-order valence-electron chi connectivity index (χ0n) is 19.3. The van der Waals surface area contributed by atoms with E-state index in [9.17, 15) is 4.79 Å². The number of carbonyl (C=O) groups is 1. The summed E-state index contributed by atoms with van der Waals surface area (Å²) in [6.45, 7) is 3.56. The predicted molar refractivity (Wildman–Crippen MR) is 132 cm³/mol. The van der Waals surface area contributed by atoms with Gasteiger partial charge in [0.1, 0.15) is 17.6 Å². The molecule has 2 saturated heterocycles. The van der Waals surface area contributed by atoms with Crippen LogP contribution in [-0.2, 0) is 6.54 Å². The standard InChI is InChI=1S/C27H31ClN2O3/c1-18(31)25-17-29(27-24(25)5-3-6-26(27)32-2)13-4-14-30-20-9-10-21(30)16-23(15-20)33-22-11-7-19(28)8-12-22/h3,5-8,11-12,17,20-21,23H,4,9-10,13-16H2,1-2H3. The van der Waals surface area contributed by atoms with Crippen LogP contribution in [0.1, 0.15) is 49.4 Å². The first kappa shape index (κ1) is 22.3. The summed E-state index contributed by atoms with van der Waals surface area (Å²) < 4.78 is 14.1. The summed E-state index contributed by atoms with van der Waals surface area (Å²) in [7, 11) is 1.69. The molecule has 0 saturated carbocycles. The van der Waals surface area contributed by atoms with Crippen LogP contribution in [0, 0.1) is 0 Å². The number of aromatic nitrogens is 1. The number of piperidine rings is 1. The van der Waals surface area contributed by atoms with E-state index >= 15 is 0 Å². The predicted octanol–water partition coefficient (Wildman–Crippen LogP) is 5.97. The molecule has 174 valence electrons. The number of para-hydroxylation sites is 1. The Morgan fingerprint density at radius 1 is 1.06 bits per heavy atom. The number of halogens is 1. The maximum absolute atomic E-state index is 12.2. The second-order valence-corrected chi connectivity index (χ2v) is 9.73. The molecule has 0 aliphatic carbocycles. The molecule has 2 aliphatic rings. The highest BCUT2D eigenvalue weighted by Crippen LogP contribution is 2.38. The minimum absolute atomic E-state index is 0.0906. The van der Waals surface area contributed by atoms with Gasteiger partial charge >= 0.3 is 0 Å². The van der Waals surface area contributed by atoms with Crippen molar-refractivity contribution in [2.24, 2.45) is 0 Å². The highest BCUT2D eigenvalue weighted by atomic mass is 35.5. The average Bonchev–Trinajstić information content (AvgIpc) is 3.29. The number of Topliss-reactive ketones (excluding diaryl/α,β-unsaturated/α-hetero) is 1. The van der Waals surface area contributed by atoms with Crippen molar-refractivity contribution >= 4 is 28.3 Å². The monoisotopic (exact) mass is 466 g/mol. The molecule has 2 aromatic carbocycles. The van der Waals surface area contributed by atoms with Gasteiger partial charge in [0, 0.05) is 47.3 Å². The molecule has 2 fully saturated rings. The third-order valence-electron chi connectivity index (χ3n) is 7.23. The summed E-state index contributed by atoms with van der Waals surface area (Å²) in [5.74, 6) is 1.82. The van der Waals surface area contributed by atoms with Crippen molar-refractivity contribution in [3.05, 3.63) is 59.2 Å². The Balaban J connectivity index is 1.23. The van der Waals surface area contributed by atoms with E-state index in [4.69, 9.17) is 21.1 Å². The molecule has 1 aromatic heterocycles. The minimum atomic E-state index is 0.0906. The molecular formula is C27H31ClN2O3. The van der Waals surface area contributed by atoms with Gasteiger partial charge in [0.15, 0.2) is 5.78 Å². The van der Waals surface area contributed by atoms with E-state index in [-0.39, 0.29) is 11.9 Å². The number of carbonyl (C=O) groups excluding carboxylic acids is 1. The van der Waals surface area contributed by atoms with Gasteiger partial charge in [0.2, 0.25) is 0 Å². The molecule has 33 heavy (non-hydrogen) atoms. The zero-order chi connectivity index (χ0) is 22.9. The first-order valence-electron chi connectivity index (χ1n) is 11.9. The Bertz CT molecular complexity index is 1130. The fraction of sp³-hybridized carbons (Fsp3) is 0.444. The van der Waals surface area contributed by atoms with Gasteiger partial charge in [0.25, 0.3) is 0 Å². The van der Waals surface area contributed by atoms with Crippen molar-refractivity contribution in [1.82, 2.24) is 9.47 Å². The Morgan fingerprint density at radius 3 is 2.45 bits per heavy atom. The van der Waals surface area contributed by atoms with Crippen molar-refractivity contribution in [1.29, 1.82) is 0 Å². The molecule has 5 nitrogen and oxygen atoms in total. The number of hydrogen-bond donors (Lipinski definition) is 0. The van der Waals surface area contributed by atoms with Crippen LogP contribution in [0.3, 0.4) is 0 Å². The molecule has 3 heterocycles. The Morgan fingerprint density at radius 2 is 1.79 bits per heavy atom. The SMILES string of the molecule is COc1cccc2c(C(C)=O)cn(CCCN3C4CCC3CC(Oc3ccc(Cl)cc3)C4)c12. The molecule has 0 spiro atoms. The van der Waals surface area contributed by atoms with Crippen LogP contribution >= 0.6 is 11.6 Å². The Kier molecular flexibility index (Phi) is 6.35. The fourth-order valence-electron chi connectivity index (χ4n) is 5.76. The van der Waals surface area contributed by atoms with Crippen molar-refractivity contribution in [2.45, 2.75) is 63.8 Å². The number of hydrogen-bond acceptors (Lipinski definition) is 4. The second-order valence-electron chi connectivity index (χ2n) is 9.29. The summed E-state index contributed by atoms with van der Waals surface area (Å²) in [5, 5.41) is 1.71. The summed E-state index contributed by atoms with van der Waals surface area (Å²) in [6.07, 6.45) is 7.96. The van der Waals surface area contributed by atoms with E-state index in [0.29, 0.717) is 12.1 Å². The second kappa shape index (κ2) is 9.40. The van der Waals surface area contributed by atoms with Crippen molar-refractivity contribution < 1.29 is 14.3 Å². The number of ether oxygens (including phenoxy) is 2. The lowest BCUT2D eigenvalue weighted by molar-refractivity contribution is 0.0482. The zero-order valence-corrected chi connectivity index (χ0v) is 20.1. The third kappa shape index (κ3) is 4.49. The summed E-state index contributed by atoms with van der Waals surface area (Å²) in [5.41, 5.74) is 1.78. The molecular weight excluding hydrogens is 436 g/mol. The third-order valence-corrected chi connectivity index (χ3v) is 7.49. The topological polar surface area (TPSA) is 43.7 Å². The molecule has 0 radical (unpaired) electrons. The lowest BCUT2D eigenvalue weighted by atomic mass is 9.99. The van der Waals surface area contributed by atoms with Gasteiger partial charge in [-0.15, -0.1) is 0 Å². The van der Waals surface area contributed by atoms with Gasteiger partial charge in [-0.25, -0.2) is 0 Å². The van der Waals surface area contributed by atoms with Gasteiger partial charge < -0.3 is 14.0 Å². The fourth-order valence-corrected chi connectivity index (χ4v) is 5.89. The molecule has 0 amide bonds. The highest BCUT2D eigenvalue weighted by Gasteiger charge is 2.41. The van der Waals surface area contributed by atoms with Crippen molar-refractivity contribution in [3.8, 4) is 11.5 Å². The molecule has 0 N–H and O–H groups in total. The van der Waals surface area contributed by atoms with Gasteiger partial charge in [-0.2, -0.15) is 0 Å². The smallest absolute Gasteiger partial charge is 0.161 e. The number of ketones is 1. The molecule has 2 unspecified atom stereocenters. The van der Waals surface area contributed by atoms with Gasteiger partial charge in [-0.05, 0) is 69.4 Å². The number of nitrogens with zero attached hydrogens (tertiary/aromatic N) is 2. The van der Waals surface area contributed by atoms with E-state index < -0.39 is 0 Å². The van der Waals surface area contributed by atoms with Crippen LogP contribution in [-0.4, -0.2) is 47.1 Å². The quantitative estimate of drug-likeness (QED) is 0.383. The maximum atomic E-state index is 12.2. The molecule has 6 heteroatoms. The molecule has 5 rings (SSSR count). The lowest BCUT2D eigenvalue weighted by Crippen LogP contribution is -2.46. The summed E-state index contributed by atoms with van der Waals surface area (Å²) >= 11 is 6.00. The molecule has 3 aromatic rings. The average molecular weight is 467 g/mol. The Hall–Kier alpha value is -2.50. The van der Waals surface area contributed by atoms with E-state index in [2.05, 4.69) is 9.47 Å². The van der Waals surface area contributed by atoms with Crippen LogP contribution < -0.4 is 9.47 Å². The first-order chi connectivity index (χ1) is 16.0. The minimum Gasteiger partial charge on any atom is -0.495 e. The largest absolute Gasteiger partial charge is 0.495 e. The number of fused-ring (bicyclic) bond motifs is 3. The van der Waals surface area contributed by atoms with Crippen LogP contribution in [0.5, 0.6) is 11.5 Å². The van der Waals surface area contributed by atoms with Crippen LogP contribution in [0.2, 0.25) is 5.02 Å². The first-order valence-corrected chi connectivity index (χ1v) is 12.3.